The summed E-state index contributed by atoms with van der Waals surface area (Å²) in [6.45, 7) is 7.30. The molecule has 0 saturated heterocycles. The molecule has 0 fully saturated rings. The predicted molar refractivity (Wildman–Crippen MR) is 81.7 cm³/mol. The molecular formula is C15H20ClF2N3. The van der Waals surface area contributed by atoms with Gasteiger partial charge in [-0.2, -0.15) is 0 Å². The Morgan fingerprint density at radius 2 is 1.95 bits per heavy atom. The fraction of sp³-hybridized carbons (Fsp3) is 0.533. The van der Waals surface area contributed by atoms with Gasteiger partial charge in [0.1, 0.15) is 17.2 Å². The zero-order valence-corrected chi connectivity index (χ0v) is 13.5. The summed E-state index contributed by atoms with van der Waals surface area (Å²) >= 11 is 6.14. The molecule has 1 aromatic carbocycles. The second-order valence-electron chi connectivity index (χ2n) is 5.57. The topological polar surface area (TPSA) is 21.1 Å². The number of nitrogens with zero attached hydrogens (tertiary/aromatic N) is 3. The van der Waals surface area contributed by atoms with Gasteiger partial charge in [-0.25, -0.2) is 13.8 Å². The van der Waals surface area contributed by atoms with E-state index in [2.05, 4.69) is 23.7 Å². The van der Waals surface area contributed by atoms with Crippen LogP contribution in [-0.2, 0) is 6.54 Å². The number of benzene rings is 1. The Kier molecular flexibility index (Phi) is 4.84. The van der Waals surface area contributed by atoms with E-state index in [-0.39, 0.29) is 10.9 Å². The average molecular weight is 316 g/mol. The van der Waals surface area contributed by atoms with Gasteiger partial charge in [-0.15, -0.1) is 11.6 Å². The summed E-state index contributed by atoms with van der Waals surface area (Å²) in [5, 5.41) is -0.371. The van der Waals surface area contributed by atoms with Gasteiger partial charge < -0.3 is 9.47 Å². The zero-order chi connectivity index (χ0) is 15.7. The fourth-order valence-electron chi connectivity index (χ4n) is 2.22. The van der Waals surface area contributed by atoms with Crippen molar-refractivity contribution < 1.29 is 8.78 Å². The molecular weight excluding hydrogens is 296 g/mol. The second kappa shape index (κ2) is 6.28. The van der Waals surface area contributed by atoms with E-state index in [4.69, 9.17) is 11.6 Å². The molecule has 1 aromatic heterocycles. The van der Waals surface area contributed by atoms with E-state index < -0.39 is 11.6 Å². The maximum Gasteiger partial charge on any atom is 0.153 e. The lowest BCUT2D eigenvalue weighted by atomic mass is 10.3. The molecule has 116 valence electrons. The van der Waals surface area contributed by atoms with Crippen LogP contribution in [-0.4, -0.2) is 34.1 Å². The van der Waals surface area contributed by atoms with Gasteiger partial charge in [-0.1, -0.05) is 0 Å². The first kappa shape index (κ1) is 16.2. The van der Waals surface area contributed by atoms with Gasteiger partial charge in [0.2, 0.25) is 0 Å². The van der Waals surface area contributed by atoms with Crippen molar-refractivity contribution in [3.05, 3.63) is 29.6 Å². The van der Waals surface area contributed by atoms with Crippen LogP contribution < -0.4 is 0 Å². The highest BCUT2D eigenvalue weighted by atomic mass is 35.5. The quantitative estimate of drug-likeness (QED) is 0.779. The molecule has 6 heteroatoms. The highest BCUT2D eigenvalue weighted by molar-refractivity contribution is 6.20. The number of halogens is 3. The summed E-state index contributed by atoms with van der Waals surface area (Å²) in [7, 11) is 2.01. The molecule has 0 aliphatic heterocycles. The summed E-state index contributed by atoms with van der Waals surface area (Å²) in [6, 6.07) is 2.55. The summed E-state index contributed by atoms with van der Waals surface area (Å²) in [6.07, 6.45) is 0. The van der Waals surface area contributed by atoms with Crippen molar-refractivity contribution in [1.82, 2.24) is 14.5 Å². The van der Waals surface area contributed by atoms with E-state index in [1.54, 1.807) is 11.5 Å². The molecule has 0 N–H and O–H groups in total. The van der Waals surface area contributed by atoms with E-state index in [1.165, 1.54) is 6.07 Å². The maximum atomic E-state index is 13.9. The molecule has 3 nitrogen and oxygen atoms in total. The smallest absolute Gasteiger partial charge is 0.153 e. The first-order chi connectivity index (χ1) is 9.81. The van der Waals surface area contributed by atoms with Gasteiger partial charge in [0.05, 0.1) is 10.9 Å². The van der Waals surface area contributed by atoms with E-state index in [1.807, 2.05) is 7.05 Å². The number of imidazole rings is 1. The van der Waals surface area contributed by atoms with Gasteiger partial charge in [-0.3, -0.25) is 0 Å². The molecule has 0 bridgehead atoms. The number of hydrogen-bond acceptors (Lipinski definition) is 2. The average Bonchev–Trinajstić information content (AvgIpc) is 2.74. The Balaban J connectivity index is 2.46. The van der Waals surface area contributed by atoms with Crippen LogP contribution in [0, 0.1) is 11.6 Å². The lowest BCUT2D eigenvalue weighted by Crippen LogP contribution is -2.30. The van der Waals surface area contributed by atoms with Crippen molar-refractivity contribution in [2.24, 2.45) is 0 Å². The van der Waals surface area contributed by atoms with E-state index in [9.17, 15) is 8.78 Å². The van der Waals surface area contributed by atoms with Crippen LogP contribution in [0.5, 0.6) is 0 Å². The van der Waals surface area contributed by atoms with Crippen molar-refractivity contribution in [1.29, 1.82) is 0 Å². The first-order valence-electron chi connectivity index (χ1n) is 7.00. The molecule has 21 heavy (non-hydrogen) atoms. The minimum atomic E-state index is -0.653. The van der Waals surface area contributed by atoms with Gasteiger partial charge >= 0.3 is 0 Å². The SMILES string of the molecule is CC(Cl)c1nc2c(F)cc(F)cc2n1CCN(C)C(C)C. The van der Waals surface area contributed by atoms with Crippen LogP contribution in [0.15, 0.2) is 12.1 Å². The van der Waals surface area contributed by atoms with Gasteiger partial charge in [0.25, 0.3) is 0 Å². The van der Waals surface area contributed by atoms with Crippen LogP contribution in [0.25, 0.3) is 11.0 Å². The van der Waals surface area contributed by atoms with E-state index >= 15 is 0 Å². The van der Waals surface area contributed by atoms with Crippen LogP contribution in [0.1, 0.15) is 32.0 Å². The third-order valence-corrected chi connectivity index (χ3v) is 3.91. The molecule has 1 heterocycles. The van der Waals surface area contributed by atoms with Crippen LogP contribution in [0.4, 0.5) is 8.78 Å². The van der Waals surface area contributed by atoms with Gasteiger partial charge in [-0.05, 0) is 33.9 Å². The summed E-state index contributed by atoms with van der Waals surface area (Å²) in [5.74, 6) is -0.694. The number of alkyl halides is 1. The maximum absolute atomic E-state index is 13.9. The number of fused-ring (bicyclic) bond motifs is 1. The fourth-order valence-corrected chi connectivity index (χ4v) is 2.39. The molecule has 1 unspecified atom stereocenters. The highest BCUT2D eigenvalue weighted by Gasteiger charge is 2.19. The Hall–Kier alpha value is -1.20. The normalized spacial score (nSPS) is 13.6. The highest BCUT2D eigenvalue weighted by Crippen LogP contribution is 2.27. The van der Waals surface area contributed by atoms with Crippen molar-refractivity contribution in [3.63, 3.8) is 0 Å². The first-order valence-corrected chi connectivity index (χ1v) is 7.44. The number of likely N-dealkylation sites (N-methyl/N-ethyl adjacent to an activating group) is 1. The Morgan fingerprint density at radius 1 is 1.29 bits per heavy atom. The van der Waals surface area contributed by atoms with Crippen molar-refractivity contribution in [2.45, 2.75) is 38.7 Å². The lowest BCUT2D eigenvalue weighted by Gasteiger charge is -2.22. The molecule has 0 saturated carbocycles. The number of aromatic nitrogens is 2. The molecule has 2 rings (SSSR count). The van der Waals surface area contributed by atoms with Crippen LogP contribution >= 0.6 is 11.6 Å². The molecule has 0 aliphatic rings. The van der Waals surface area contributed by atoms with Crippen LogP contribution in [0.2, 0.25) is 0 Å². The molecule has 0 amide bonds. The Bertz CT molecular complexity index is 637. The van der Waals surface area contributed by atoms with E-state index in [0.717, 1.165) is 12.6 Å². The third-order valence-electron chi connectivity index (χ3n) is 3.72. The molecule has 0 spiro atoms. The summed E-state index contributed by atoms with van der Waals surface area (Å²) < 4.78 is 29.2. The Labute approximate surface area is 128 Å². The van der Waals surface area contributed by atoms with Crippen molar-refractivity contribution in [3.8, 4) is 0 Å². The summed E-state index contributed by atoms with van der Waals surface area (Å²) in [5.41, 5.74) is 0.623. The molecule has 0 radical (unpaired) electrons. The largest absolute Gasteiger partial charge is 0.325 e. The standard InChI is InChI=1S/C15H20ClF2N3/c1-9(2)20(4)5-6-21-13-8-11(17)7-12(18)14(13)19-15(21)10(3)16/h7-10H,5-6H2,1-4H3. The third kappa shape index (κ3) is 3.35. The Morgan fingerprint density at radius 3 is 2.52 bits per heavy atom. The van der Waals surface area contributed by atoms with E-state index in [0.29, 0.717) is 23.9 Å². The minimum absolute atomic E-state index is 0.172. The van der Waals surface area contributed by atoms with Crippen molar-refractivity contribution in [2.75, 3.05) is 13.6 Å². The zero-order valence-electron chi connectivity index (χ0n) is 12.7. The van der Waals surface area contributed by atoms with Gasteiger partial charge in [0, 0.05) is 25.2 Å². The molecule has 1 atom stereocenters. The molecule has 0 aliphatic carbocycles. The summed E-state index contributed by atoms with van der Waals surface area (Å²) in [4.78, 5) is 6.40. The monoisotopic (exact) mass is 315 g/mol. The molecule has 2 aromatic rings. The number of rotatable bonds is 5. The van der Waals surface area contributed by atoms with Crippen LogP contribution in [0.3, 0.4) is 0 Å². The minimum Gasteiger partial charge on any atom is -0.325 e. The second-order valence-corrected chi connectivity index (χ2v) is 6.22. The van der Waals surface area contributed by atoms with Gasteiger partial charge in [0.15, 0.2) is 5.82 Å². The predicted octanol–water partition coefficient (Wildman–Crippen LogP) is 3.95. The lowest BCUT2D eigenvalue weighted by molar-refractivity contribution is 0.263. The number of hydrogen-bond donors (Lipinski definition) is 0. The van der Waals surface area contributed by atoms with Crippen molar-refractivity contribution >= 4 is 22.6 Å².